The average Bonchev–Trinajstić information content (AvgIpc) is 2.67. The van der Waals surface area contributed by atoms with Gasteiger partial charge in [-0.25, -0.2) is 9.37 Å². The van der Waals surface area contributed by atoms with Gasteiger partial charge >= 0.3 is 0 Å². The molecular weight excluding hydrogens is 199 g/mol. The van der Waals surface area contributed by atoms with E-state index >= 15 is 0 Å². The predicted molar refractivity (Wildman–Crippen MR) is 57.1 cm³/mol. The fraction of sp³-hybridized carbons (Fsp3) is 0.100. The molecule has 14 heavy (non-hydrogen) atoms. The highest BCUT2D eigenvalue weighted by molar-refractivity contribution is 7.13. The number of rotatable bonds is 2. The van der Waals surface area contributed by atoms with Crippen molar-refractivity contribution in [2.24, 2.45) is 0 Å². The van der Waals surface area contributed by atoms with Crippen LogP contribution in [0.25, 0.3) is 10.6 Å². The fourth-order valence-electron chi connectivity index (χ4n) is 1.11. The van der Waals surface area contributed by atoms with E-state index < -0.39 is 0 Å². The molecule has 0 atom stereocenters. The number of halogens is 1. The Labute approximate surface area is 85.4 Å². The van der Waals surface area contributed by atoms with E-state index in [0.717, 1.165) is 16.4 Å². The van der Waals surface area contributed by atoms with E-state index in [1.54, 1.807) is 12.1 Å². The summed E-state index contributed by atoms with van der Waals surface area (Å²) in [6.07, 6.45) is 0. The molecule has 2 aromatic rings. The highest BCUT2D eigenvalue weighted by Crippen LogP contribution is 2.25. The number of hydrogen-bond donors (Lipinski definition) is 1. The molecule has 2 nitrogen and oxygen atoms in total. The minimum Gasteiger partial charge on any atom is -0.372 e. The van der Waals surface area contributed by atoms with Gasteiger partial charge in [0.1, 0.15) is 16.6 Å². The first-order chi connectivity index (χ1) is 6.79. The zero-order valence-corrected chi connectivity index (χ0v) is 8.44. The van der Waals surface area contributed by atoms with Crippen LogP contribution in [0.2, 0.25) is 0 Å². The van der Waals surface area contributed by atoms with Crippen LogP contribution in [0.1, 0.15) is 0 Å². The van der Waals surface area contributed by atoms with Crippen molar-refractivity contribution >= 4 is 17.2 Å². The Hall–Kier alpha value is -1.42. The van der Waals surface area contributed by atoms with Gasteiger partial charge in [-0.05, 0) is 24.3 Å². The fourth-order valence-corrected chi connectivity index (χ4v) is 1.93. The SMILES string of the molecule is CNc1csc(-c2ccc(F)cc2)n1. The van der Waals surface area contributed by atoms with Gasteiger partial charge in [0.15, 0.2) is 0 Å². The first kappa shape index (κ1) is 9.15. The third kappa shape index (κ3) is 1.75. The molecule has 72 valence electrons. The molecule has 0 aliphatic heterocycles. The normalized spacial score (nSPS) is 10.1. The van der Waals surface area contributed by atoms with Crippen LogP contribution in [-0.2, 0) is 0 Å². The zero-order chi connectivity index (χ0) is 9.97. The Balaban J connectivity index is 2.34. The molecule has 1 N–H and O–H groups in total. The molecule has 0 amide bonds. The second-order valence-electron chi connectivity index (χ2n) is 2.79. The third-order valence-corrected chi connectivity index (χ3v) is 2.74. The smallest absolute Gasteiger partial charge is 0.137 e. The Morgan fingerprint density at radius 2 is 2.00 bits per heavy atom. The molecule has 0 unspecified atom stereocenters. The first-order valence-corrected chi connectivity index (χ1v) is 5.07. The van der Waals surface area contributed by atoms with Gasteiger partial charge in [0.2, 0.25) is 0 Å². The lowest BCUT2D eigenvalue weighted by atomic mass is 10.2. The molecule has 1 aromatic carbocycles. The van der Waals surface area contributed by atoms with Crippen LogP contribution in [0.15, 0.2) is 29.6 Å². The molecule has 0 bridgehead atoms. The lowest BCUT2D eigenvalue weighted by molar-refractivity contribution is 0.628. The summed E-state index contributed by atoms with van der Waals surface area (Å²) >= 11 is 1.54. The van der Waals surface area contributed by atoms with Crippen LogP contribution < -0.4 is 5.32 Å². The van der Waals surface area contributed by atoms with Crippen molar-refractivity contribution in [3.63, 3.8) is 0 Å². The third-order valence-electron chi connectivity index (χ3n) is 1.85. The summed E-state index contributed by atoms with van der Waals surface area (Å²) in [4.78, 5) is 4.31. The van der Waals surface area contributed by atoms with E-state index in [9.17, 15) is 4.39 Å². The number of anilines is 1. The van der Waals surface area contributed by atoms with Gasteiger partial charge < -0.3 is 5.32 Å². The molecule has 1 heterocycles. The van der Waals surface area contributed by atoms with Crippen LogP contribution in [0.3, 0.4) is 0 Å². The maximum absolute atomic E-state index is 12.6. The molecule has 2 rings (SSSR count). The molecule has 1 aromatic heterocycles. The molecular formula is C10H9FN2S. The summed E-state index contributed by atoms with van der Waals surface area (Å²) in [7, 11) is 1.82. The van der Waals surface area contributed by atoms with Crippen LogP contribution >= 0.6 is 11.3 Å². The standard InChI is InChI=1S/C10H9FN2S/c1-12-9-6-14-10(13-9)7-2-4-8(11)5-3-7/h2-6,12H,1H3. The summed E-state index contributed by atoms with van der Waals surface area (Å²) in [6.45, 7) is 0. The summed E-state index contributed by atoms with van der Waals surface area (Å²) in [5.74, 6) is 0.619. The van der Waals surface area contributed by atoms with Gasteiger partial charge in [0.25, 0.3) is 0 Å². The lowest BCUT2D eigenvalue weighted by Crippen LogP contribution is -1.86. The van der Waals surface area contributed by atoms with Crippen LogP contribution in [0.4, 0.5) is 10.2 Å². The van der Waals surface area contributed by atoms with Gasteiger partial charge in [-0.3, -0.25) is 0 Å². The van der Waals surface area contributed by atoms with E-state index in [1.807, 2.05) is 12.4 Å². The Kier molecular flexibility index (Phi) is 2.45. The average molecular weight is 208 g/mol. The molecule has 0 spiro atoms. The van der Waals surface area contributed by atoms with Crippen LogP contribution in [0, 0.1) is 5.82 Å². The van der Waals surface area contributed by atoms with Crippen molar-refractivity contribution in [3.05, 3.63) is 35.5 Å². The van der Waals surface area contributed by atoms with Gasteiger partial charge in [0, 0.05) is 18.0 Å². The van der Waals surface area contributed by atoms with E-state index in [2.05, 4.69) is 10.3 Å². The van der Waals surface area contributed by atoms with E-state index in [4.69, 9.17) is 0 Å². The van der Waals surface area contributed by atoms with Crippen molar-refractivity contribution in [1.82, 2.24) is 4.98 Å². The van der Waals surface area contributed by atoms with E-state index in [0.29, 0.717) is 0 Å². The Bertz CT molecular complexity index is 422. The largest absolute Gasteiger partial charge is 0.372 e. The second kappa shape index (κ2) is 3.75. The van der Waals surface area contributed by atoms with E-state index in [1.165, 1.54) is 23.5 Å². The molecule has 0 radical (unpaired) electrons. The van der Waals surface area contributed by atoms with E-state index in [-0.39, 0.29) is 5.82 Å². The van der Waals surface area contributed by atoms with Gasteiger partial charge in [-0.2, -0.15) is 0 Å². The van der Waals surface area contributed by atoms with Gasteiger partial charge in [0.05, 0.1) is 0 Å². The van der Waals surface area contributed by atoms with Crippen molar-refractivity contribution in [2.45, 2.75) is 0 Å². The lowest BCUT2D eigenvalue weighted by Gasteiger charge is -1.95. The number of thiazole rings is 1. The molecule has 0 fully saturated rings. The minimum absolute atomic E-state index is 0.223. The maximum Gasteiger partial charge on any atom is 0.137 e. The molecule has 0 aliphatic rings. The zero-order valence-electron chi connectivity index (χ0n) is 7.62. The second-order valence-corrected chi connectivity index (χ2v) is 3.65. The summed E-state index contributed by atoms with van der Waals surface area (Å²) in [5.41, 5.74) is 0.943. The number of nitrogens with one attached hydrogen (secondary N) is 1. The monoisotopic (exact) mass is 208 g/mol. The summed E-state index contributed by atoms with van der Waals surface area (Å²) in [6, 6.07) is 6.34. The molecule has 0 saturated carbocycles. The highest BCUT2D eigenvalue weighted by atomic mass is 32.1. The number of hydrogen-bond acceptors (Lipinski definition) is 3. The minimum atomic E-state index is -0.223. The number of aromatic nitrogens is 1. The van der Waals surface area contributed by atoms with Crippen molar-refractivity contribution < 1.29 is 4.39 Å². The molecule has 0 aliphatic carbocycles. The summed E-state index contributed by atoms with van der Waals surface area (Å²) in [5, 5.41) is 5.78. The number of benzene rings is 1. The van der Waals surface area contributed by atoms with Crippen molar-refractivity contribution in [3.8, 4) is 10.6 Å². The topological polar surface area (TPSA) is 24.9 Å². The van der Waals surface area contributed by atoms with Gasteiger partial charge in [-0.15, -0.1) is 11.3 Å². The quantitative estimate of drug-likeness (QED) is 0.820. The maximum atomic E-state index is 12.6. The Morgan fingerprint density at radius 3 is 2.57 bits per heavy atom. The highest BCUT2D eigenvalue weighted by Gasteiger charge is 2.02. The van der Waals surface area contributed by atoms with Crippen LogP contribution in [-0.4, -0.2) is 12.0 Å². The van der Waals surface area contributed by atoms with Crippen molar-refractivity contribution in [2.75, 3.05) is 12.4 Å². The molecule has 0 saturated heterocycles. The van der Waals surface area contributed by atoms with Crippen LogP contribution in [0.5, 0.6) is 0 Å². The molecule has 4 heteroatoms. The van der Waals surface area contributed by atoms with Gasteiger partial charge in [-0.1, -0.05) is 0 Å². The first-order valence-electron chi connectivity index (χ1n) is 4.19. The predicted octanol–water partition coefficient (Wildman–Crippen LogP) is 2.99. The Morgan fingerprint density at radius 1 is 1.29 bits per heavy atom. The van der Waals surface area contributed by atoms with Crippen molar-refractivity contribution in [1.29, 1.82) is 0 Å². The number of nitrogens with zero attached hydrogens (tertiary/aromatic N) is 1. The summed E-state index contributed by atoms with van der Waals surface area (Å²) < 4.78 is 12.6.